The van der Waals surface area contributed by atoms with E-state index in [-0.39, 0.29) is 18.0 Å². The fourth-order valence-electron chi connectivity index (χ4n) is 2.77. The molecule has 0 spiro atoms. The number of amides is 2. The third-order valence-corrected chi connectivity index (χ3v) is 4.52. The van der Waals surface area contributed by atoms with E-state index in [9.17, 15) is 9.59 Å². The molecular weight excluding hydrogens is 256 g/mol. The van der Waals surface area contributed by atoms with E-state index in [1.165, 1.54) is 6.42 Å². The molecule has 0 aromatic rings. The zero-order valence-electron chi connectivity index (χ0n) is 12.8. The minimum atomic E-state index is -0.968. The molecule has 3 N–H and O–H groups in total. The van der Waals surface area contributed by atoms with E-state index in [1.54, 1.807) is 0 Å². The van der Waals surface area contributed by atoms with Crippen molar-refractivity contribution in [3.63, 3.8) is 0 Å². The fraction of sp³-hybridized carbons (Fsp3) is 0.867. The lowest BCUT2D eigenvalue weighted by molar-refractivity contribution is -0.140. The smallest absolute Gasteiger partial charge is 0.326 e. The number of carbonyl (C=O) groups is 2. The summed E-state index contributed by atoms with van der Waals surface area (Å²) in [6, 6.07) is -0.978. The van der Waals surface area contributed by atoms with Crippen molar-refractivity contribution in [1.29, 1.82) is 0 Å². The average Bonchev–Trinajstić information content (AvgIpc) is 2.44. The first-order chi connectivity index (χ1) is 9.47. The van der Waals surface area contributed by atoms with Crippen LogP contribution in [0.15, 0.2) is 0 Å². The van der Waals surface area contributed by atoms with Gasteiger partial charge in [-0.3, -0.25) is 0 Å². The van der Waals surface area contributed by atoms with Crippen molar-refractivity contribution < 1.29 is 14.7 Å². The second-order valence-corrected chi connectivity index (χ2v) is 5.95. The van der Waals surface area contributed by atoms with Crippen LogP contribution in [0.5, 0.6) is 0 Å². The number of hydrogen-bond acceptors (Lipinski definition) is 2. The van der Waals surface area contributed by atoms with Crippen molar-refractivity contribution in [2.45, 2.75) is 71.4 Å². The van der Waals surface area contributed by atoms with Crippen LogP contribution in [0.1, 0.15) is 59.3 Å². The Morgan fingerprint density at radius 2 is 1.80 bits per heavy atom. The molecule has 20 heavy (non-hydrogen) atoms. The van der Waals surface area contributed by atoms with E-state index in [0.29, 0.717) is 0 Å². The van der Waals surface area contributed by atoms with E-state index in [0.717, 1.165) is 38.0 Å². The Labute approximate surface area is 121 Å². The first-order valence-corrected chi connectivity index (χ1v) is 7.77. The van der Waals surface area contributed by atoms with E-state index in [1.807, 2.05) is 13.8 Å². The van der Waals surface area contributed by atoms with Crippen molar-refractivity contribution in [1.82, 2.24) is 10.6 Å². The molecule has 0 aromatic carbocycles. The van der Waals surface area contributed by atoms with Crippen LogP contribution in [0.3, 0.4) is 0 Å². The molecule has 1 fully saturated rings. The predicted octanol–water partition coefficient (Wildman–Crippen LogP) is 2.75. The molecule has 1 aliphatic rings. The van der Waals surface area contributed by atoms with E-state index < -0.39 is 12.0 Å². The summed E-state index contributed by atoms with van der Waals surface area (Å²) in [5, 5.41) is 14.7. The molecule has 0 aliphatic heterocycles. The van der Waals surface area contributed by atoms with Gasteiger partial charge in [0.25, 0.3) is 0 Å². The first kappa shape index (κ1) is 16.8. The summed E-state index contributed by atoms with van der Waals surface area (Å²) in [5.74, 6) is -0.263. The summed E-state index contributed by atoms with van der Waals surface area (Å²) in [7, 11) is 0. The van der Waals surface area contributed by atoms with Gasteiger partial charge < -0.3 is 15.7 Å². The Bertz CT molecular complexity index is 325. The van der Waals surface area contributed by atoms with Crippen LogP contribution in [-0.4, -0.2) is 29.2 Å². The molecule has 5 heteroatoms. The number of carboxylic acids is 1. The van der Waals surface area contributed by atoms with Crippen LogP contribution in [0.2, 0.25) is 0 Å². The first-order valence-electron chi connectivity index (χ1n) is 7.77. The van der Waals surface area contributed by atoms with Gasteiger partial charge in [-0.15, -0.1) is 0 Å². The van der Waals surface area contributed by atoms with E-state index in [2.05, 4.69) is 17.6 Å². The SMILES string of the molecule is CCC1CCC(NC(=O)N[C@H](C(=O)O)[C@@H](C)CC)CC1. The molecular formula is C15H28N2O3. The van der Waals surface area contributed by atoms with Gasteiger partial charge in [-0.05, 0) is 37.5 Å². The van der Waals surface area contributed by atoms with E-state index >= 15 is 0 Å². The highest BCUT2D eigenvalue weighted by Crippen LogP contribution is 2.26. The fourth-order valence-corrected chi connectivity index (χ4v) is 2.77. The monoisotopic (exact) mass is 284 g/mol. The highest BCUT2D eigenvalue weighted by atomic mass is 16.4. The molecule has 1 aliphatic carbocycles. The Hall–Kier alpha value is -1.26. The summed E-state index contributed by atoms with van der Waals surface area (Å²) < 4.78 is 0. The van der Waals surface area contributed by atoms with Gasteiger partial charge in [0.2, 0.25) is 0 Å². The third kappa shape index (κ3) is 5.02. The molecule has 1 saturated carbocycles. The highest BCUT2D eigenvalue weighted by molar-refractivity contribution is 5.82. The maximum absolute atomic E-state index is 11.9. The summed E-state index contributed by atoms with van der Waals surface area (Å²) in [6.07, 6.45) is 6.21. The number of rotatable bonds is 6. The van der Waals surface area contributed by atoms with Gasteiger partial charge in [-0.25, -0.2) is 9.59 Å². The van der Waals surface area contributed by atoms with E-state index in [4.69, 9.17) is 5.11 Å². The number of hydrogen-bond donors (Lipinski definition) is 3. The van der Waals surface area contributed by atoms with Gasteiger partial charge >= 0.3 is 12.0 Å². The number of nitrogens with one attached hydrogen (secondary N) is 2. The van der Waals surface area contributed by atoms with Gasteiger partial charge in [0, 0.05) is 6.04 Å². The largest absolute Gasteiger partial charge is 0.480 e. The Balaban J connectivity index is 2.40. The van der Waals surface area contributed by atoms with Crippen LogP contribution in [0.25, 0.3) is 0 Å². The minimum Gasteiger partial charge on any atom is -0.480 e. The molecule has 2 amide bonds. The lowest BCUT2D eigenvalue weighted by Gasteiger charge is -2.29. The van der Waals surface area contributed by atoms with Crippen molar-refractivity contribution in [2.24, 2.45) is 11.8 Å². The zero-order valence-corrected chi connectivity index (χ0v) is 12.8. The van der Waals surface area contributed by atoms with Crippen molar-refractivity contribution in [3.8, 4) is 0 Å². The lowest BCUT2D eigenvalue weighted by atomic mass is 9.84. The van der Waals surface area contributed by atoms with Gasteiger partial charge in [0.15, 0.2) is 0 Å². The predicted molar refractivity (Wildman–Crippen MR) is 78.6 cm³/mol. The van der Waals surface area contributed by atoms with Gasteiger partial charge in [0.1, 0.15) is 6.04 Å². The maximum atomic E-state index is 11.9. The molecule has 116 valence electrons. The molecule has 5 nitrogen and oxygen atoms in total. The quantitative estimate of drug-likeness (QED) is 0.701. The highest BCUT2D eigenvalue weighted by Gasteiger charge is 2.27. The lowest BCUT2D eigenvalue weighted by Crippen LogP contribution is -2.51. The second kappa shape index (κ2) is 8.12. The second-order valence-electron chi connectivity index (χ2n) is 5.95. The summed E-state index contributed by atoms with van der Waals surface area (Å²) in [6.45, 7) is 5.96. The van der Waals surface area contributed by atoms with Crippen LogP contribution in [-0.2, 0) is 4.79 Å². The summed E-state index contributed by atoms with van der Waals surface area (Å²) in [5.41, 5.74) is 0. The summed E-state index contributed by atoms with van der Waals surface area (Å²) in [4.78, 5) is 23.1. The van der Waals surface area contributed by atoms with Crippen LogP contribution in [0, 0.1) is 11.8 Å². The Morgan fingerprint density at radius 1 is 1.20 bits per heavy atom. The molecule has 0 radical (unpaired) electrons. The molecule has 0 aromatic heterocycles. The topological polar surface area (TPSA) is 78.4 Å². The Kier molecular flexibility index (Phi) is 6.82. The van der Waals surface area contributed by atoms with Gasteiger partial charge in [-0.1, -0.05) is 33.6 Å². The minimum absolute atomic E-state index is 0.0749. The number of aliphatic carboxylic acids is 1. The standard InChI is InChI=1S/C15H28N2O3/c1-4-10(3)13(14(18)19)17-15(20)16-12-8-6-11(5-2)7-9-12/h10-13H,4-9H2,1-3H3,(H,18,19)(H2,16,17,20)/t10-,11?,12?,13-/m0/s1. The van der Waals surface area contributed by atoms with Crippen molar-refractivity contribution >= 4 is 12.0 Å². The summed E-state index contributed by atoms with van der Waals surface area (Å²) >= 11 is 0. The average molecular weight is 284 g/mol. The zero-order chi connectivity index (χ0) is 15.1. The molecule has 2 atom stereocenters. The third-order valence-electron chi connectivity index (χ3n) is 4.52. The van der Waals surface area contributed by atoms with Crippen LogP contribution >= 0.6 is 0 Å². The molecule has 0 bridgehead atoms. The number of carboxylic acid groups (broad SMARTS) is 1. The van der Waals surface area contributed by atoms with Gasteiger partial charge in [0.05, 0.1) is 0 Å². The Morgan fingerprint density at radius 3 is 2.25 bits per heavy atom. The van der Waals surface area contributed by atoms with Crippen molar-refractivity contribution in [2.75, 3.05) is 0 Å². The normalized spacial score (nSPS) is 25.6. The number of carbonyl (C=O) groups excluding carboxylic acids is 1. The molecule has 0 heterocycles. The van der Waals surface area contributed by atoms with Crippen LogP contribution in [0.4, 0.5) is 4.79 Å². The molecule has 0 unspecified atom stereocenters. The number of urea groups is 1. The molecule has 1 rings (SSSR count). The maximum Gasteiger partial charge on any atom is 0.326 e. The van der Waals surface area contributed by atoms with Crippen LogP contribution < -0.4 is 10.6 Å². The van der Waals surface area contributed by atoms with Gasteiger partial charge in [-0.2, -0.15) is 0 Å². The van der Waals surface area contributed by atoms with Crippen molar-refractivity contribution in [3.05, 3.63) is 0 Å². The molecule has 0 saturated heterocycles.